The maximum Gasteiger partial charge on any atom is 0.0820 e. The molecule has 0 unspecified atom stereocenters. The number of aromatic nitrogens is 1. The largest absolute Gasteiger partial charge is 1.00 e. The first-order chi connectivity index (χ1) is 14.7. The second-order valence-electron chi connectivity index (χ2n) is 7.27. The minimum Gasteiger partial charge on any atom is -1.00 e. The predicted molar refractivity (Wildman–Crippen MR) is 129 cm³/mol. The first-order valence-corrected chi connectivity index (χ1v) is 11.0. The van der Waals surface area contributed by atoms with E-state index in [0.717, 1.165) is 48.4 Å². The summed E-state index contributed by atoms with van der Waals surface area (Å²) in [4.78, 5) is 14.3. The van der Waals surface area contributed by atoms with E-state index in [1.807, 2.05) is 30.6 Å². The Morgan fingerprint density at radius 1 is 0.559 bits per heavy atom. The van der Waals surface area contributed by atoms with Gasteiger partial charge < -0.3 is 37.2 Å². The summed E-state index contributed by atoms with van der Waals surface area (Å²) < 4.78 is 0. The van der Waals surface area contributed by atoms with Gasteiger partial charge in [0.2, 0.25) is 0 Å². The molecule has 3 rings (SSSR count). The van der Waals surface area contributed by atoms with E-state index in [1.54, 1.807) is 0 Å². The topological polar surface area (TPSA) is 37.6 Å². The molecule has 0 aliphatic rings. The number of pyridine rings is 1. The Labute approximate surface area is 235 Å². The van der Waals surface area contributed by atoms with Gasteiger partial charge in [0.25, 0.3) is 0 Å². The summed E-state index contributed by atoms with van der Waals surface area (Å²) in [5.41, 5.74) is 8.91. The number of aryl methyl sites for hydroxylation is 4. The molecule has 1 radical (unpaired) electrons. The first kappa shape index (κ1) is 34.6. The quantitative estimate of drug-likeness (QED) is 0.293. The van der Waals surface area contributed by atoms with Gasteiger partial charge in [-0.15, -0.1) is 0 Å². The van der Waals surface area contributed by atoms with Gasteiger partial charge in [-0.05, 0) is 60.1 Å². The zero-order valence-corrected chi connectivity index (χ0v) is 23.8. The van der Waals surface area contributed by atoms with Crippen LogP contribution in [0.4, 0.5) is 11.4 Å². The number of benzene rings is 2. The SMILES string of the molecule is CCc1cccc(CC)c1N=Cc1cccc(C=Nc2c(CC)cccc2CC)n1.[Cl-].[Cl-].[Cl-].[V]. The summed E-state index contributed by atoms with van der Waals surface area (Å²) in [6, 6.07) is 18.8. The van der Waals surface area contributed by atoms with Gasteiger partial charge >= 0.3 is 0 Å². The van der Waals surface area contributed by atoms with Crippen LogP contribution < -0.4 is 37.2 Å². The van der Waals surface area contributed by atoms with Gasteiger partial charge in [0.1, 0.15) is 0 Å². The molecule has 1 aromatic heterocycles. The monoisotopic (exact) mass is 553 g/mol. The minimum absolute atomic E-state index is 0. The molecule has 183 valence electrons. The summed E-state index contributed by atoms with van der Waals surface area (Å²) in [7, 11) is 0. The zero-order chi connectivity index (χ0) is 21.3. The van der Waals surface area contributed by atoms with Gasteiger partial charge in [0.05, 0.1) is 35.2 Å². The van der Waals surface area contributed by atoms with Crippen LogP contribution in [0.2, 0.25) is 0 Å². The minimum atomic E-state index is 0. The fraction of sp³-hybridized carbons (Fsp3) is 0.296. The summed E-state index contributed by atoms with van der Waals surface area (Å²) in [5, 5.41) is 0. The van der Waals surface area contributed by atoms with Crippen molar-refractivity contribution in [1.29, 1.82) is 0 Å². The van der Waals surface area contributed by atoms with Gasteiger partial charge in [-0.3, -0.25) is 9.98 Å². The van der Waals surface area contributed by atoms with E-state index < -0.39 is 0 Å². The van der Waals surface area contributed by atoms with Crippen LogP contribution in [0.25, 0.3) is 0 Å². The van der Waals surface area contributed by atoms with E-state index in [0.29, 0.717) is 0 Å². The Morgan fingerprint density at radius 2 is 0.853 bits per heavy atom. The number of hydrogen-bond donors (Lipinski definition) is 0. The molecule has 3 aromatic rings. The van der Waals surface area contributed by atoms with Crippen molar-refractivity contribution in [2.45, 2.75) is 53.4 Å². The van der Waals surface area contributed by atoms with Gasteiger partial charge in [-0.25, -0.2) is 4.98 Å². The van der Waals surface area contributed by atoms with Gasteiger partial charge in [0, 0.05) is 18.6 Å². The van der Waals surface area contributed by atoms with Gasteiger partial charge in [0.15, 0.2) is 0 Å². The van der Waals surface area contributed by atoms with Crippen molar-refractivity contribution in [3.63, 3.8) is 0 Å². The van der Waals surface area contributed by atoms with Crippen molar-refractivity contribution in [3.8, 4) is 0 Å². The molecule has 0 aliphatic heterocycles. The van der Waals surface area contributed by atoms with E-state index in [2.05, 4.69) is 64.1 Å². The summed E-state index contributed by atoms with van der Waals surface area (Å²) in [6.07, 6.45) is 7.61. The van der Waals surface area contributed by atoms with Crippen LogP contribution in [-0.4, -0.2) is 17.4 Å². The van der Waals surface area contributed by atoms with Crippen molar-refractivity contribution in [1.82, 2.24) is 4.98 Å². The molecule has 0 fully saturated rings. The molecule has 0 aliphatic carbocycles. The fourth-order valence-corrected chi connectivity index (χ4v) is 3.64. The Balaban J connectivity index is 0. The van der Waals surface area contributed by atoms with E-state index in [9.17, 15) is 0 Å². The van der Waals surface area contributed by atoms with Gasteiger partial charge in [-0.1, -0.05) is 70.2 Å². The standard InChI is InChI=1S/C27H31N3.3ClH.V/c1-5-20-12-9-13-21(6-2)26(20)28-18-24-16-11-17-25(30-24)19-29-27-22(7-3)14-10-15-23(27)8-4;;;;/h9-19H,5-8H2,1-4H3;3*1H;/p-3. The molecule has 7 heteroatoms. The van der Waals surface area contributed by atoms with Crippen molar-refractivity contribution in [2.75, 3.05) is 0 Å². The van der Waals surface area contributed by atoms with E-state index in [1.165, 1.54) is 22.3 Å². The Morgan fingerprint density at radius 3 is 1.15 bits per heavy atom. The average molecular weight is 555 g/mol. The number of hydrogen-bond acceptors (Lipinski definition) is 3. The van der Waals surface area contributed by atoms with Crippen molar-refractivity contribution >= 4 is 23.8 Å². The molecule has 0 saturated carbocycles. The van der Waals surface area contributed by atoms with Crippen LogP contribution >= 0.6 is 0 Å². The summed E-state index contributed by atoms with van der Waals surface area (Å²) in [5.74, 6) is 0. The Hall–Kier alpha value is -1.62. The predicted octanol–water partition coefficient (Wildman–Crippen LogP) is -2.16. The Bertz CT molecular complexity index is 943. The third kappa shape index (κ3) is 8.87. The summed E-state index contributed by atoms with van der Waals surface area (Å²) in [6.45, 7) is 8.67. The number of rotatable bonds is 8. The number of para-hydroxylation sites is 2. The first-order valence-electron chi connectivity index (χ1n) is 11.0. The third-order valence-corrected chi connectivity index (χ3v) is 5.37. The van der Waals surface area contributed by atoms with Crippen molar-refractivity contribution in [2.24, 2.45) is 9.98 Å². The summed E-state index contributed by atoms with van der Waals surface area (Å²) >= 11 is 0. The Kier molecular flexibility index (Phi) is 18.1. The normalized spacial score (nSPS) is 10.2. The molecule has 2 aromatic carbocycles. The second-order valence-corrected chi connectivity index (χ2v) is 7.27. The van der Waals surface area contributed by atoms with Gasteiger partial charge in [-0.2, -0.15) is 0 Å². The van der Waals surface area contributed by atoms with Crippen LogP contribution in [0.3, 0.4) is 0 Å². The van der Waals surface area contributed by atoms with Crippen LogP contribution in [-0.2, 0) is 44.2 Å². The molecule has 3 nitrogen and oxygen atoms in total. The van der Waals surface area contributed by atoms with E-state index in [-0.39, 0.29) is 55.8 Å². The molecule has 0 atom stereocenters. The molecule has 34 heavy (non-hydrogen) atoms. The van der Waals surface area contributed by atoms with Crippen LogP contribution in [0.1, 0.15) is 61.3 Å². The van der Waals surface area contributed by atoms with Crippen LogP contribution in [0, 0.1) is 0 Å². The fourth-order valence-electron chi connectivity index (χ4n) is 3.64. The molecule has 0 amide bonds. The second kappa shape index (κ2) is 17.8. The maximum absolute atomic E-state index is 4.80. The molecule has 0 bridgehead atoms. The molecule has 0 N–H and O–H groups in total. The van der Waals surface area contributed by atoms with Crippen LogP contribution in [0.15, 0.2) is 64.6 Å². The molecular formula is C27H31Cl3N3V-3. The average Bonchev–Trinajstić information content (AvgIpc) is 2.80. The van der Waals surface area contributed by atoms with Crippen LogP contribution in [0.5, 0.6) is 0 Å². The third-order valence-electron chi connectivity index (χ3n) is 5.37. The number of halogens is 3. The molecule has 0 saturated heterocycles. The smallest absolute Gasteiger partial charge is 0.0820 e. The molecule has 0 spiro atoms. The number of nitrogens with zero attached hydrogens (tertiary/aromatic N) is 3. The number of aliphatic imine (C=N–C) groups is 2. The van der Waals surface area contributed by atoms with Crippen molar-refractivity contribution < 1.29 is 55.8 Å². The van der Waals surface area contributed by atoms with E-state index in [4.69, 9.17) is 15.0 Å². The van der Waals surface area contributed by atoms with Crippen molar-refractivity contribution in [3.05, 3.63) is 88.2 Å². The molecular weight excluding hydrogens is 524 g/mol. The zero-order valence-electron chi connectivity index (χ0n) is 20.1. The molecule has 1 heterocycles. The van der Waals surface area contributed by atoms with E-state index >= 15 is 0 Å². The maximum atomic E-state index is 4.80.